The van der Waals surface area contributed by atoms with Gasteiger partial charge in [-0.25, -0.2) is 0 Å². The molecule has 2 nitrogen and oxygen atoms in total. The molecule has 0 aliphatic carbocycles. The molecule has 0 aromatic rings. The monoisotopic (exact) mass is 171 g/mol. The van der Waals surface area contributed by atoms with Crippen molar-refractivity contribution in [2.24, 2.45) is 0 Å². The summed E-state index contributed by atoms with van der Waals surface area (Å²) in [5, 5.41) is 3.46. The van der Waals surface area contributed by atoms with E-state index in [1.54, 1.807) is 0 Å². The molecule has 1 saturated heterocycles. The Kier molecular flexibility index (Phi) is 4.62. The Morgan fingerprint density at radius 3 is 3.00 bits per heavy atom. The lowest BCUT2D eigenvalue weighted by Gasteiger charge is -2.19. The van der Waals surface area contributed by atoms with Gasteiger partial charge in [0.2, 0.25) is 0 Å². The van der Waals surface area contributed by atoms with Crippen LogP contribution < -0.4 is 5.32 Å². The van der Waals surface area contributed by atoms with Crippen LogP contribution >= 0.6 is 0 Å². The van der Waals surface area contributed by atoms with E-state index in [2.05, 4.69) is 19.2 Å². The summed E-state index contributed by atoms with van der Waals surface area (Å²) in [7, 11) is 0. The Morgan fingerprint density at radius 1 is 1.58 bits per heavy atom. The summed E-state index contributed by atoms with van der Waals surface area (Å²) in [5.74, 6) is 0. The third kappa shape index (κ3) is 3.11. The third-order valence-electron chi connectivity index (χ3n) is 2.54. The molecule has 1 unspecified atom stereocenters. The first-order chi connectivity index (χ1) is 5.84. The molecular weight excluding hydrogens is 150 g/mol. The van der Waals surface area contributed by atoms with E-state index in [1.165, 1.54) is 32.2 Å². The molecule has 0 aromatic carbocycles. The van der Waals surface area contributed by atoms with Gasteiger partial charge in [-0.2, -0.15) is 0 Å². The maximum atomic E-state index is 5.70. The molecule has 72 valence electrons. The second-order valence-electron chi connectivity index (χ2n) is 3.63. The topological polar surface area (TPSA) is 21.3 Å². The first-order valence-corrected chi connectivity index (χ1v) is 5.19. The van der Waals surface area contributed by atoms with Crippen LogP contribution in [0.5, 0.6) is 0 Å². The number of hydrogen-bond donors (Lipinski definition) is 1. The summed E-state index contributed by atoms with van der Waals surface area (Å²) in [5.41, 5.74) is 0. The van der Waals surface area contributed by atoms with E-state index >= 15 is 0 Å². The van der Waals surface area contributed by atoms with Crippen molar-refractivity contribution in [1.82, 2.24) is 5.32 Å². The highest BCUT2D eigenvalue weighted by atomic mass is 16.5. The lowest BCUT2D eigenvalue weighted by Crippen LogP contribution is -2.34. The molecule has 0 radical (unpaired) electrons. The predicted octanol–water partition coefficient (Wildman–Crippen LogP) is 1.94. The molecule has 0 saturated carbocycles. The Hall–Kier alpha value is -0.0800. The fourth-order valence-electron chi connectivity index (χ4n) is 1.64. The van der Waals surface area contributed by atoms with Gasteiger partial charge in [0.25, 0.3) is 0 Å². The summed E-state index contributed by atoms with van der Waals surface area (Å²) in [4.78, 5) is 0. The molecule has 1 aliphatic rings. The lowest BCUT2D eigenvalue weighted by molar-refractivity contribution is 0.0419. The second-order valence-corrected chi connectivity index (χ2v) is 3.63. The van der Waals surface area contributed by atoms with Crippen LogP contribution in [-0.4, -0.2) is 25.3 Å². The Balaban J connectivity index is 2.05. The minimum atomic E-state index is 0.402. The van der Waals surface area contributed by atoms with Gasteiger partial charge < -0.3 is 10.1 Å². The quantitative estimate of drug-likeness (QED) is 0.638. The van der Waals surface area contributed by atoms with Crippen molar-refractivity contribution in [3.8, 4) is 0 Å². The first kappa shape index (κ1) is 10.0. The van der Waals surface area contributed by atoms with Crippen LogP contribution in [0.3, 0.4) is 0 Å². The van der Waals surface area contributed by atoms with Crippen LogP contribution in [0.15, 0.2) is 0 Å². The molecule has 0 amide bonds. The Labute approximate surface area is 75.7 Å². The molecule has 1 rings (SSSR count). The van der Waals surface area contributed by atoms with E-state index in [4.69, 9.17) is 4.74 Å². The molecular formula is C10H21NO. The zero-order valence-corrected chi connectivity index (χ0v) is 8.31. The number of ether oxygens (including phenoxy) is 1. The van der Waals surface area contributed by atoms with Gasteiger partial charge >= 0.3 is 0 Å². The highest BCUT2D eigenvalue weighted by Gasteiger charge is 2.20. The van der Waals surface area contributed by atoms with Gasteiger partial charge in [-0.15, -0.1) is 0 Å². The van der Waals surface area contributed by atoms with E-state index in [0.717, 1.165) is 6.61 Å². The third-order valence-corrected chi connectivity index (χ3v) is 2.54. The summed E-state index contributed by atoms with van der Waals surface area (Å²) >= 11 is 0. The highest BCUT2D eigenvalue weighted by Crippen LogP contribution is 2.11. The lowest BCUT2D eigenvalue weighted by atomic mass is 10.1. The first-order valence-electron chi connectivity index (χ1n) is 5.19. The molecule has 1 fully saturated rings. The van der Waals surface area contributed by atoms with E-state index in [-0.39, 0.29) is 0 Å². The fraction of sp³-hybridized carbons (Fsp3) is 1.00. The van der Waals surface area contributed by atoms with Gasteiger partial charge in [0.15, 0.2) is 0 Å². The van der Waals surface area contributed by atoms with Crippen molar-refractivity contribution >= 4 is 0 Å². The zero-order valence-electron chi connectivity index (χ0n) is 8.31. The standard InChI is InChI=1S/C10H21NO/c1-3-4-8-12-9(2)10-6-5-7-11-10/h9-11H,3-8H2,1-2H3/t9?,10-/m0/s1. The van der Waals surface area contributed by atoms with Crippen LogP contribution in [0.1, 0.15) is 39.5 Å². The highest BCUT2D eigenvalue weighted by molar-refractivity contribution is 4.79. The molecule has 2 heteroatoms. The van der Waals surface area contributed by atoms with Crippen molar-refractivity contribution in [2.45, 2.75) is 51.7 Å². The van der Waals surface area contributed by atoms with Gasteiger partial charge in [0, 0.05) is 12.6 Å². The van der Waals surface area contributed by atoms with Crippen molar-refractivity contribution in [1.29, 1.82) is 0 Å². The maximum absolute atomic E-state index is 5.70. The largest absolute Gasteiger partial charge is 0.377 e. The number of unbranched alkanes of at least 4 members (excludes halogenated alkanes) is 1. The predicted molar refractivity (Wildman–Crippen MR) is 51.3 cm³/mol. The average Bonchev–Trinajstić information content (AvgIpc) is 2.56. The normalized spacial score (nSPS) is 26.0. The van der Waals surface area contributed by atoms with Crippen LogP contribution in [0.4, 0.5) is 0 Å². The molecule has 1 aliphatic heterocycles. The van der Waals surface area contributed by atoms with E-state index < -0.39 is 0 Å². The number of hydrogen-bond acceptors (Lipinski definition) is 2. The van der Waals surface area contributed by atoms with Crippen LogP contribution in [-0.2, 0) is 4.74 Å². The maximum Gasteiger partial charge on any atom is 0.0699 e. The molecule has 0 spiro atoms. The summed E-state index contributed by atoms with van der Waals surface area (Å²) < 4.78 is 5.70. The van der Waals surface area contributed by atoms with E-state index in [0.29, 0.717) is 12.1 Å². The van der Waals surface area contributed by atoms with Crippen molar-refractivity contribution in [3.05, 3.63) is 0 Å². The molecule has 1 N–H and O–H groups in total. The number of nitrogens with one attached hydrogen (secondary N) is 1. The smallest absolute Gasteiger partial charge is 0.0699 e. The molecule has 2 atom stereocenters. The van der Waals surface area contributed by atoms with Gasteiger partial charge in [0.1, 0.15) is 0 Å². The molecule has 1 heterocycles. The Bertz CT molecular complexity index is 110. The number of rotatable bonds is 5. The van der Waals surface area contributed by atoms with Gasteiger partial charge in [-0.05, 0) is 32.7 Å². The van der Waals surface area contributed by atoms with Crippen LogP contribution in [0.2, 0.25) is 0 Å². The van der Waals surface area contributed by atoms with Crippen LogP contribution in [0, 0.1) is 0 Å². The molecule has 12 heavy (non-hydrogen) atoms. The van der Waals surface area contributed by atoms with Gasteiger partial charge in [-0.3, -0.25) is 0 Å². The van der Waals surface area contributed by atoms with Gasteiger partial charge in [0.05, 0.1) is 6.10 Å². The van der Waals surface area contributed by atoms with E-state index in [1.807, 2.05) is 0 Å². The Morgan fingerprint density at radius 2 is 2.42 bits per heavy atom. The second kappa shape index (κ2) is 5.55. The zero-order chi connectivity index (χ0) is 8.81. The summed E-state index contributed by atoms with van der Waals surface area (Å²) in [6.45, 7) is 6.47. The SMILES string of the molecule is CCCCOC(C)[C@@H]1CCCN1. The minimum Gasteiger partial charge on any atom is -0.377 e. The van der Waals surface area contributed by atoms with E-state index in [9.17, 15) is 0 Å². The molecule has 0 aromatic heterocycles. The van der Waals surface area contributed by atoms with Crippen molar-refractivity contribution in [3.63, 3.8) is 0 Å². The van der Waals surface area contributed by atoms with Crippen LogP contribution in [0.25, 0.3) is 0 Å². The fourth-order valence-corrected chi connectivity index (χ4v) is 1.64. The minimum absolute atomic E-state index is 0.402. The molecule has 0 bridgehead atoms. The van der Waals surface area contributed by atoms with Gasteiger partial charge in [-0.1, -0.05) is 13.3 Å². The van der Waals surface area contributed by atoms with Crippen molar-refractivity contribution in [2.75, 3.05) is 13.2 Å². The summed E-state index contributed by atoms with van der Waals surface area (Å²) in [6, 6.07) is 0.613. The van der Waals surface area contributed by atoms with Crippen molar-refractivity contribution < 1.29 is 4.74 Å². The average molecular weight is 171 g/mol. The summed E-state index contributed by atoms with van der Waals surface area (Å²) in [6.07, 6.45) is 5.42.